The van der Waals surface area contributed by atoms with Gasteiger partial charge in [-0.15, -0.1) is 0 Å². The molecule has 6 nitrogen and oxygen atoms in total. The number of ether oxygens (including phenoxy) is 1. The number of nitrogens with zero attached hydrogens (tertiary/aromatic N) is 3. The summed E-state index contributed by atoms with van der Waals surface area (Å²) in [6.07, 6.45) is 2.49. The maximum absolute atomic E-state index is 12.6. The summed E-state index contributed by atoms with van der Waals surface area (Å²) >= 11 is 12.0. The van der Waals surface area contributed by atoms with Crippen LogP contribution in [0.15, 0.2) is 42.7 Å². The molecule has 3 aromatic rings. The molecule has 4 rings (SSSR count). The molecule has 1 N–H and O–H groups in total. The Morgan fingerprint density at radius 3 is 2.81 bits per heavy atom. The first-order valence-electron chi connectivity index (χ1n) is 10.5. The highest BCUT2D eigenvalue weighted by atomic mass is 35.5. The van der Waals surface area contributed by atoms with Crippen molar-refractivity contribution in [1.29, 1.82) is 0 Å². The van der Waals surface area contributed by atoms with Gasteiger partial charge < -0.3 is 14.6 Å². The molecular weight excluding hydrogens is 435 g/mol. The van der Waals surface area contributed by atoms with E-state index in [0.717, 1.165) is 42.7 Å². The molecule has 1 atom stereocenters. The predicted molar refractivity (Wildman–Crippen MR) is 123 cm³/mol. The number of rotatable bonds is 7. The lowest BCUT2D eigenvalue weighted by atomic mass is 10.1. The highest BCUT2D eigenvalue weighted by molar-refractivity contribution is 6.34. The molecule has 2 aromatic carbocycles. The van der Waals surface area contributed by atoms with E-state index in [1.807, 2.05) is 6.92 Å². The summed E-state index contributed by atoms with van der Waals surface area (Å²) in [5.41, 5.74) is 4.10. The van der Waals surface area contributed by atoms with Crippen molar-refractivity contribution in [3.05, 3.63) is 63.9 Å². The number of fused-ring (bicyclic) bond motifs is 1. The number of aromatic amines is 1. The Balaban J connectivity index is 1.27. The van der Waals surface area contributed by atoms with Gasteiger partial charge >= 0.3 is 6.09 Å². The average molecular weight is 461 g/mol. The lowest BCUT2D eigenvalue weighted by molar-refractivity contribution is 0.0924. The number of imidazole rings is 1. The second kappa shape index (κ2) is 9.90. The Hall–Kier alpha value is -2.28. The summed E-state index contributed by atoms with van der Waals surface area (Å²) in [6.45, 7) is 6.34. The third-order valence-corrected chi connectivity index (χ3v) is 6.10. The van der Waals surface area contributed by atoms with Crippen LogP contribution < -0.4 is 0 Å². The van der Waals surface area contributed by atoms with Crippen LogP contribution in [-0.4, -0.2) is 52.0 Å². The third kappa shape index (κ3) is 5.70. The smallest absolute Gasteiger partial charge is 0.410 e. The number of carbonyl (C=O) groups is 1. The first-order valence-corrected chi connectivity index (χ1v) is 11.3. The van der Waals surface area contributed by atoms with Crippen LogP contribution in [0.4, 0.5) is 4.79 Å². The normalized spacial score (nSPS) is 16.7. The van der Waals surface area contributed by atoms with Gasteiger partial charge in [0.2, 0.25) is 0 Å². The van der Waals surface area contributed by atoms with Crippen molar-refractivity contribution in [3.8, 4) is 0 Å². The van der Waals surface area contributed by atoms with Crippen LogP contribution in [0.1, 0.15) is 24.5 Å². The molecule has 1 aliphatic rings. The fraction of sp³-hybridized carbons (Fsp3) is 0.391. The Labute approximate surface area is 192 Å². The molecule has 1 fully saturated rings. The number of aromatic nitrogens is 2. The number of likely N-dealkylation sites (tertiary alicyclic amines) is 1. The minimum Gasteiger partial charge on any atom is -0.445 e. The largest absolute Gasteiger partial charge is 0.445 e. The molecule has 0 unspecified atom stereocenters. The number of halogens is 2. The van der Waals surface area contributed by atoms with Gasteiger partial charge in [-0.1, -0.05) is 29.3 Å². The van der Waals surface area contributed by atoms with Crippen molar-refractivity contribution in [1.82, 2.24) is 19.8 Å². The van der Waals surface area contributed by atoms with E-state index in [-0.39, 0.29) is 12.7 Å². The van der Waals surface area contributed by atoms with Crippen LogP contribution in [0.3, 0.4) is 0 Å². The standard InChI is InChI=1S/C23H26Cl2N4O2/c1-2-29(23(30)31-14-18-7-19(24)10-20(25)8-18)13-17-5-6-28(12-17)11-16-3-4-21-22(9-16)27-15-26-21/h3-4,7-10,15,17H,2,5-6,11-14H2,1H3,(H,26,27)/t17-/m0/s1. The summed E-state index contributed by atoms with van der Waals surface area (Å²) in [7, 11) is 0. The highest BCUT2D eigenvalue weighted by Crippen LogP contribution is 2.22. The van der Waals surface area contributed by atoms with Crippen LogP contribution in [0.5, 0.6) is 0 Å². The number of carbonyl (C=O) groups excluding carboxylic acids is 1. The Kier molecular flexibility index (Phi) is 7.00. The monoisotopic (exact) mass is 460 g/mol. The molecular formula is C23H26Cl2N4O2. The van der Waals surface area contributed by atoms with Gasteiger partial charge in [-0.2, -0.15) is 0 Å². The molecule has 0 saturated carbocycles. The quantitative estimate of drug-likeness (QED) is 0.515. The number of amides is 1. The Morgan fingerprint density at radius 2 is 2.03 bits per heavy atom. The predicted octanol–water partition coefficient (Wildman–Crippen LogP) is 5.35. The van der Waals surface area contributed by atoms with Crippen LogP contribution in [0, 0.1) is 5.92 Å². The number of nitrogens with one attached hydrogen (secondary N) is 1. The zero-order valence-corrected chi connectivity index (χ0v) is 19.0. The molecule has 0 spiro atoms. The summed E-state index contributed by atoms with van der Waals surface area (Å²) in [4.78, 5) is 24.2. The van der Waals surface area contributed by atoms with Gasteiger partial charge in [0.05, 0.1) is 17.4 Å². The van der Waals surface area contributed by atoms with Gasteiger partial charge in [0.1, 0.15) is 6.61 Å². The number of hydrogen-bond donors (Lipinski definition) is 1. The molecule has 1 aromatic heterocycles. The first-order chi connectivity index (χ1) is 15.0. The topological polar surface area (TPSA) is 61.5 Å². The summed E-state index contributed by atoms with van der Waals surface area (Å²) < 4.78 is 5.50. The SMILES string of the molecule is CCN(C[C@H]1CCN(Cc2ccc3nc[nH]c3c2)C1)C(=O)OCc1cc(Cl)cc(Cl)c1. The molecule has 0 radical (unpaired) electrons. The van der Waals surface area contributed by atoms with Gasteiger partial charge in [-0.3, -0.25) is 4.90 Å². The van der Waals surface area contributed by atoms with E-state index in [2.05, 4.69) is 33.1 Å². The average Bonchev–Trinajstić information content (AvgIpc) is 3.38. The van der Waals surface area contributed by atoms with Crippen molar-refractivity contribution in [2.45, 2.75) is 26.5 Å². The molecule has 2 heterocycles. The summed E-state index contributed by atoms with van der Waals surface area (Å²) in [5, 5.41) is 1.06. The van der Waals surface area contributed by atoms with Crippen LogP contribution >= 0.6 is 23.2 Å². The minimum atomic E-state index is -0.304. The lowest BCUT2D eigenvalue weighted by Crippen LogP contribution is -2.36. The second-order valence-electron chi connectivity index (χ2n) is 8.01. The van der Waals surface area contributed by atoms with Crippen molar-refractivity contribution in [2.24, 2.45) is 5.92 Å². The van der Waals surface area contributed by atoms with Gasteiger partial charge in [0.25, 0.3) is 0 Å². The highest BCUT2D eigenvalue weighted by Gasteiger charge is 2.26. The van der Waals surface area contributed by atoms with Crippen LogP contribution in [0.25, 0.3) is 11.0 Å². The number of hydrogen-bond acceptors (Lipinski definition) is 4. The lowest BCUT2D eigenvalue weighted by Gasteiger charge is -2.24. The summed E-state index contributed by atoms with van der Waals surface area (Å²) in [5.74, 6) is 0.434. The Morgan fingerprint density at radius 1 is 1.23 bits per heavy atom. The molecule has 0 aliphatic carbocycles. The van der Waals surface area contributed by atoms with Gasteiger partial charge in [0, 0.05) is 36.2 Å². The molecule has 1 saturated heterocycles. The third-order valence-electron chi connectivity index (χ3n) is 5.66. The van der Waals surface area contributed by atoms with Gasteiger partial charge in [-0.05, 0) is 67.3 Å². The zero-order chi connectivity index (χ0) is 21.8. The second-order valence-corrected chi connectivity index (χ2v) is 8.89. The van der Waals surface area contributed by atoms with Crippen molar-refractivity contribution in [3.63, 3.8) is 0 Å². The molecule has 1 amide bonds. The van der Waals surface area contributed by atoms with E-state index < -0.39 is 0 Å². The molecule has 164 valence electrons. The van der Waals surface area contributed by atoms with Crippen molar-refractivity contribution < 1.29 is 9.53 Å². The van der Waals surface area contributed by atoms with E-state index in [9.17, 15) is 4.79 Å². The minimum absolute atomic E-state index is 0.155. The number of H-pyrrole nitrogens is 1. The van der Waals surface area contributed by atoms with Gasteiger partial charge in [-0.25, -0.2) is 9.78 Å². The first kappa shape index (κ1) is 21.9. The van der Waals surface area contributed by atoms with E-state index >= 15 is 0 Å². The molecule has 8 heteroatoms. The maximum Gasteiger partial charge on any atom is 0.410 e. The summed E-state index contributed by atoms with van der Waals surface area (Å²) in [6, 6.07) is 11.5. The molecule has 31 heavy (non-hydrogen) atoms. The zero-order valence-electron chi connectivity index (χ0n) is 17.5. The Bertz CT molecular complexity index is 1030. The molecule has 0 bridgehead atoms. The van der Waals surface area contributed by atoms with Crippen molar-refractivity contribution in [2.75, 3.05) is 26.2 Å². The van der Waals surface area contributed by atoms with E-state index in [1.165, 1.54) is 5.56 Å². The number of benzene rings is 2. The fourth-order valence-electron chi connectivity index (χ4n) is 4.12. The maximum atomic E-state index is 12.6. The van der Waals surface area contributed by atoms with E-state index in [4.69, 9.17) is 27.9 Å². The van der Waals surface area contributed by atoms with E-state index in [0.29, 0.717) is 29.1 Å². The van der Waals surface area contributed by atoms with Crippen molar-refractivity contribution >= 4 is 40.3 Å². The van der Waals surface area contributed by atoms with Gasteiger partial charge in [0.15, 0.2) is 0 Å². The molecule has 1 aliphatic heterocycles. The van der Waals surface area contributed by atoms with E-state index in [1.54, 1.807) is 29.4 Å². The van der Waals surface area contributed by atoms with Crippen LogP contribution in [-0.2, 0) is 17.9 Å². The fourth-order valence-corrected chi connectivity index (χ4v) is 4.69. The van der Waals surface area contributed by atoms with Crippen LogP contribution in [0.2, 0.25) is 10.0 Å².